The van der Waals surface area contributed by atoms with Crippen LogP contribution in [0.25, 0.3) is 10.8 Å². The number of rotatable bonds is 5. The van der Waals surface area contributed by atoms with Gasteiger partial charge in [0.1, 0.15) is 23.3 Å². The Labute approximate surface area is 177 Å². The van der Waals surface area contributed by atoms with Crippen molar-refractivity contribution in [1.82, 2.24) is 10.3 Å². The molecule has 1 aliphatic carbocycles. The van der Waals surface area contributed by atoms with Gasteiger partial charge in [-0.25, -0.2) is 4.98 Å². The van der Waals surface area contributed by atoms with Crippen LogP contribution in [-0.2, 0) is 4.79 Å². The maximum Gasteiger partial charge on any atom is 0.308 e. The maximum atomic E-state index is 12.7. The summed E-state index contributed by atoms with van der Waals surface area (Å²) < 4.78 is 5.77. The number of carboxylic acid groups (broad SMARTS) is 1. The summed E-state index contributed by atoms with van der Waals surface area (Å²) in [5.41, 5.74) is -0.352. The molecule has 0 saturated heterocycles. The summed E-state index contributed by atoms with van der Waals surface area (Å²) >= 11 is 0. The molecule has 0 spiro atoms. The molecular weight excluding hydrogens is 398 g/mol. The first-order valence-electron chi connectivity index (χ1n) is 9.81. The van der Waals surface area contributed by atoms with Gasteiger partial charge in [0.15, 0.2) is 11.4 Å². The summed E-state index contributed by atoms with van der Waals surface area (Å²) in [5, 5.41) is 32.8. The highest BCUT2D eigenvalue weighted by molar-refractivity contribution is 6.03. The molecule has 0 radical (unpaired) electrons. The standard InChI is InChI=1S/C23H19N3O5/c24-12-19-17-11-14(31-13-5-2-1-3-6-13)9-10-15(17)21(27)20(25-19)22(28)26-18-8-4-7-16(18)23(29)30/h1-3,5-6,9-11,16,18,27H,4,7-8H2,(H,26,28)(H,29,30)/t16-,18+/m1/s1. The molecule has 1 fully saturated rings. The molecule has 2 aromatic carbocycles. The van der Waals surface area contributed by atoms with Crippen LogP contribution in [0.15, 0.2) is 48.5 Å². The minimum Gasteiger partial charge on any atom is -0.505 e. The predicted molar refractivity (Wildman–Crippen MR) is 111 cm³/mol. The summed E-state index contributed by atoms with van der Waals surface area (Å²) in [4.78, 5) is 28.2. The van der Waals surface area contributed by atoms with Crippen LogP contribution in [0.4, 0.5) is 0 Å². The molecule has 1 saturated carbocycles. The predicted octanol–water partition coefficient (Wildman–Crippen LogP) is 3.59. The van der Waals surface area contributed by atoms with Crippen molar-refractivity contribution in [2.24, 2.45) is 5.92 Å². The molecule has 1 aliphatic rings. The molecule has 0 bridgehead atoms. The third-order valence-electron chi connectivity index (χ3n) is 5.40. The molecule has 1 heterocycles. The first-order chi connectivity index (χ1) is 15.0. The van der Waals surface area contributed by atoms with E-state index in [0.29, 0.717) is 36.1 Å². The molecule has 0 unspecified atom stereocenters. The van der Waals surface area contributed by atoms with Gasteiger partial charge in [0.2, 0.25) is 0 Å². The topological polar surface area (TPSA) is 133 Å². The van der Waals surface area contributed by atoms with Crippen molar-refractivity contribution in [2.45, 2.75) is 25.3 Å². The molecule has 8 nitrogen and oxygen atoms in total. The average Bonchev–Trinajstić information content (AvgIpc) is 3.23. The lowest BCUT2D eigenvalue weighted by atomic mass is 10.0. The lowest BCUT2D eigenvalue weighted by Gasteiger charge is -2.18. The monoisotopic (exact) mass is 417 g/mol. The fourth-order valence-electron chi connectivity index (χ4n) is 3.88. The van der Waals surface area contributed by atoms with Crippen molar-refractivity contribution in [3.8, 4) is 23.3 Å². The van der Waals surface area contributed by atoms with Crippen LogP contribution in [-0.4, -0.2) is 33.1 Å². The van der Waals surface area contributed by atoms with Gasteiger partial charge in [-0.05, 0) is 43.2 Å². The maximum absolute atomic E-state index is 12.7. The lowest BCUT2D eigenvalue weighted by Crippen LogP contribution is -2.40. The van der Waals surface area contributed by atoms with Crippen molar-refractivity contribution in [3.63, 3.8) is 0 Å². The minimum atomic E-state index is -0.970. The van der Waals surface area contributed by atoms with Crippen LogP contribution in [0, 0.1) is 17.2 Å². The molecule has 1 amide bonds. The second-order valence-corrected chi connectivity index (χ2v) is 7.35. The largest absolute Gasteiger partial charge is 0.505 e. The van der Waals surface area contributed by atoms with Crippen molar-refractivity contribution in [2.75, 3.05) is 0 Å². The molecule has 0 aliphatic heterocycles. The number of nitrogens with one attached hydrogen (secondary N) is 1. The number of benzene rings is 2. The number of pyridine rings is 1. The molecule has 3 N–H and O–H groups in total. The summed E-state index contributed by atoms with van der Waals surface area (Å²) in [6.45, 7) is 0. The van der Waals surface area contributed by atoms with Crippen LogP contribution in [0.2, 0.25) is 0 Å². The lowest BCUT2D eigenvalue weighted by molar-refractivity contribution is -0.142. The van der Waals surface area contributed by atoms with E-state index in [1.165, 1.54) is 0 Å². The number of ether oxygens (including phenoxy) is 1. The van der Waals surface area contributed by atoms with E-state index >= 15 is 0 Å². The van der Waals surface area contributed by atoms with E-state index in [0.717, 1.165) is 0 Å². The number of amides is 1. The van der Waals surface area contributed by atoms with Crippen molar-refractivity contribution in [3.05, 3.63) is 59.9 Å². The number of aromatic nitrogens is 1. The van der Waals surface area contributed by atoms with E-state index in [1.807, 2.05) is 24.3 Å². The number of carbonyl (C=O) groups excluding carboxylic acids is 1. The average molecular weight is 417 g/mol. The molecule has 31 heavy (non-hydrogen) atoms. The van der Waals surface area contributed by atoms with Gasteiger partial charge < -0.3 is 20.3 Å². The van der Waals surface area contributed by atoms with Gasteiger partial charge in [0, 0.05) is 16.8 Å². The Morgan fingerprint density at radius 2 is 1.87 bits per heavy atom. The number of fused-ring (bicyclic) bond motifs is 1. The number of hydrogen-bond acceptors (Lipinski definition) is 6. The Morgan fingerprint density at radius 1 is 1.10 bits per heavy atom. The van der Waals surface area contributed by atoms with Crippen molar-refractivity contribution >= 4 is 22.6 Å². The number of hydrogen-bond donors (Lipinski definition) is 3. The molecule has 8 heteroatoms. The van der Waals surface area contributed by atoms with Crippen LogP contribution in [0.1, 0.15) is 35.4 Å². The zero-order valence-electron chi connectivity index (χ0n) is 16.4. The first-order valence-corrected chi connectivity index (χ1v) is 9.81. The second-order valence-electron chi connectivity index (χ2n) is 7.35. The number of para-hydroxylation sites is 1. The van der Waals surface area contributed by atoms with E-state index < -0.39 is 23.8 Å². The number of nitriles is 1. The Kier molecular flexibility index (Phi) is 5.41. The van der Waals surface area contributed by atoms with Gasteiger partial charge in [-0.3, -0.25) is 9.59 Å². The zero-order chi connectivity index (χ0) is 22.0. The van der Waals surface area contributed by atoms with E-state index in [-0.39, 0.29) is 22.5 Å². The Hall–Kier alpha value is -4.12. The molecule has 1 aromatic heterocycles. The summed E-state index contributed by atoms with van der Waals surface area (Å²) in [6, 6.07) is 15.2. The number of carboxylic acids is 1. The number of nitrogens with zero attached hydrogens (tertiary/aromatic N) is 2. The SMILES string of the molecule is N#Cc1nc(C(=O)N[C@H]2CCC[C@H]2C(=O)O)c(O)c2ccc(Oc3ccccc3)cc12. The van der Waals surface area contributed by atoms with Crippen molar-refractivity contribution in [1.29, 1.82) is 5.26 Å². The smallest absolute Gasteiger partial charge is 0.308 e. The summed E-state index contributed by atoms with van der Waals surface area (Å²) in [7, 11) is 0. The molecular formula is C23H19N3O5. The minimum absolute atomic E-state index is 0.0438. The highest BCUT2D eigenvalue weighted by atomic mass is 16.5. The van der Waals surface area contributed by atoms with E-state index in [9.17, 15) is 25.1 Å². The Bertz CT molecular complexity index is 1200. The fraction of sp³-hybridized carbons (Fsp3) is 0.217. The van der Waals surface area contributed by atoms with E-state index in [2.05, 4.69) is 10.3 Å². The summed E-state index contributed by atoms with van der Waals surface area (Å²) in [5.74, 6) is -1.68. The van der Waals surface area contributed by atoms with Gasteiger partial charge in [-0.2, -0.15) is 5.26 Å². The van der Waals surface area contributed by atoms with Gasteiger partial charge in [-0.1, -0.05) is 24.6 Å². The molecule has 2 atom stereocenters. The van der Waals surface area contributed by atoms with Gasteiger partial charge in [0.25, 0.3) is 5.91 Å². The van der Waals surface area contributed by atoms with Crippen LogP contribution >= 0.6 is 0 Å². The van der Waals surface area contributed by atoms with Crippen LogP contribution in [0.3, 0.4) is 0 Å². The molecule has 4 rings (SSSR count). The highest BCUT2D eigenvalue weighted by Crippen LogP contribution is 2.34. The Balaban J connectivity index is 1.67. The molecule has 156 valence electrons. The van der Waals surface area contributed by atoms with E-state index in [4.69, 9.17) is 4.74 Å². The van der Waals surface area contributed by atoms with Gasteiger partial charge in [-0.15, -0.1) is 0 Å². The third kappa shape index (κ3) is 3.98. The second kappa shape index (κ2) is 8.32. The third-order valence-corrected chi connectivity index (χ3v) is 5.40. The summed E-state index contributed by atoms with van der Waals surface area (Å²) in [6.07, 6.45) is 1.69. The van der Waals surface area contributed by atoms with Gasteiger partial charge in [0.05, 0.1) is 5.92 Å². The quantitative estimate of drug-likeness (QED) is 0.578. The number of aromatic hydroxyl groups is 1. The van der Waals surface area contributed by atoms with E-state index in [1.54, 1.807) is 30.3 Å². The van der Waals surface area contributed by atoms with Gasteiger partial charge >= 0.3 is 5.97 Å². The normalized spacial score (nSPS) is 17.8. The zero-order valence-corrected chi connectivity index (χ0v) is 16.4. The fourth-order valence-corrected chi connectivity index (χ4v) is 3.88. The van der Waals surface area contributed by atoms with Crippen LogP contribution < -0.4 is 10.1 Å². The first kappa shape index (κ1) is 20.2. The van der Waals surface area contributed by atoms with Crippen LogP contribution in [0.5, 0.6) is 17.2 Å². The highest BCUT2D eigenvalue weighted by Gasteiger charge is 2.35. The number of aliphatic carboxylic acids is 1. The molecule has 3 aromatic rings. The number of carbonyl (C=O) groups is 2. The van der Waals surface area contributed by atoms with Crippen molar-refractivity contribution < 1.29 is 24.5 Å². The Morgan fingerprint density at radius 3 is 2.58 bits per heavy atom.